The minimum atomic E-state index is -1.44. The lowest BCUT2D eigenvalue weighted by molar-refractivity contribution is -0.133. The van der Waals surface area contributed by atoms with E-state index in [0.717, 1.165) is 12.1 Å². The number of esters is 1. The molecule has 1 aliphatic rings. The largest absolute Gasteiger partial charge is 0.457 e. The Bertz CT molecular complexity index is 859. The van der Waals surface area contributed by atoms with Crippen molar-refractivity contribution in [2.24, 2.45) is 0 Å². The van der Waals surface area contributed by atoms with Crippen LogP contribution in [0.5, 0.6) is 5.75 Å². The molecule has 1 aliphatic heterocycles. The number of carbonyl (C=O) groups is 1. The van der Waals surface area contributed by atoms with Gasteiger partial charge in [-0.05, 0) is 35.4 Å². The molecule has 0 aromatic heterocycles. The van der Waals surface area contributed by atoms with Gasteiger partial charge in [0.25, 0.3) is 0 Å². The van der Waals surface area contributed by atoms with E-state index in [0.29, 0.717) is 16.9 Å². The quantitative estimate of drug-likeness (QED) is 0.795. The molecule has 2 aromatic rings. The lowest BCUT2D eigenvalue weighted by atomic mass is 9.96. The Morgan fingerprint density at radius 2 is 1.71 bits per heavy atom. The Morgan fingerprint density at radius 1 is 1.04 bits per heavy atom. The summed E-state index contributed by atoms with van der Waals surface area (Å²) in [6, 6.07) is 9.84. The Morgan fingerprint density at radius 3 is 2.33 bits per heavy atom. The van der Waals surface area contributed by atoms with Crippen molar-refractivity contribution in [1.29, 1.82) is 0 Å². The normalized spacial score (nSPS) is 15.4. The minimum absolute atomic E-state index is 0.0348. The molecule has 4 nitrogen and oxygen atoms in total. The van der Waals surface area contributed by atoms with Gasteiger partial charge in [-0.15, -0.1) is 0 Å². The van der Waals surface area contributed by atoms with Gasteiger partial charge in [0.05, 0.1) is 5.57 Å². The van der Waals surface area contributed by atoms with Gasteiger partial charge in [-0.25, -0.2) is 17.8 Å². The molecule has 0 spiro atoms. The van der Waals surface area contributed by atoms with E-state index in [1.165, 1.54) is 12.3 Å². The topological polar surface area (TPSA) is 52.6 Å². The maximum atomic E-state index is 13.5. The fourth-order valence-electron chi connectivity index (χ4n) is 2.42. The molecule has 24 heavy (non-hydrogen) atoms. The summed E-state index contributed by atoms with van der Waals surface area (Å²) < 4.78 is 47.7. The predicted octanol–water partition coefficient (Wildman–Crippen LogP) is 3.10. The van der Waals surface area contributed by atoms with Crippen LogP contribution in [-0.2, 0) is 20.6 Å². The summed E-state index contributed by atoms with van der Waals surface area (Å²) in [6.07, 6.45) is 1.40. The second kappa shape index (κ2) is 6.52. The average molecular weight is 350 g/mol. The van der Waals surface area contributed by atoms with Crippen LogP contribution < -0.4 is 4.18 Å². The van der Waals surface area contributed by atoms with Crippen LogP contribution in [-0.4, -0.2) is 23.0 Å². The van der Waals surface area contributed by atoms with Crippen LogP contribution in [0.3, 0.4) is 0 Å². The zero-order chi connectivity index (χ0) is 17.3. The van der Waals surface area contributed by atoms with Crippen LogP contribution in [0, 0.1) is 11.6 Å². The van der Waals surface area contributed by atoms with Crippen LogP contribution in [0.15, 0.2) is 42.5 Å². The highest BCUT2D eigenvalue weighted by atomic mass is 32.2. The first-order valence-corrected chi connectivity index (χ1v) is 8.42. The van der Waals surface area contributed by atoms with E-state index < -0.39 is 28.7 Å². The third-order valence-corrected chi connectivity index (χ3v) is 3.91. The number of ether oxygens (including phenoxy) is 1. The molecule has 1 unspecified atom stereocenters. The number of carbonyl (C=O) groups excluding carboxylic acids is 1. The summed E-state index contributed by atoms with van der Waals surface area (Å²) in [6.45, 7) is 0.0348. The standard InChI is InChI=1S/C17H12F2O4S/c1-24(21)23-12-5-2-10(3-6-12)13-9-22-17(20)16(13)11-4-7-14(18)15(19)8-11/h2-8H,9H2,1H3. The molecule has 0 saturated heterocycles. The molecule has 0 amide bonds. The van der Waals surface area contributed by atoms with Crippen LogP contribution in [0.25, 0.3) is 11.1 Å². The molecule has 3 rings (SSSR count). The molecule has 0 N–H and O–H groups in total. The van der Waals surface area contributed by atoms with Crippen LogP contribution >= 0.6 is 0 Å². The lowest BCUT2D eigenvalue weighted by Gasteiger charge is -2.06. The van der Waals surface area contributed by atoms with Crippen molar-refractivity contribution in [1.82, 2.24) is 0 Å². The fourth-order valence-corrected chi connectivity index (χ4v) is 2.81. The zero-order valence-electron chi connectivity index (χ0n) is 12.5. The molecule has 0 radical (unpaired) electrons. The number of hydrogen-bond acceptors (Lipinski definition) is 4. The lowest BCUT2D eigenvalue weighted by Crippen LogP contribution is -1.99. The molecule has 0 bridgehead atoms. The monoisotopic (exact) mass is 350 g/mol. The summed E-state index contributed by atoms with van der Waals surface area (Å²) >= 11 is -1.44. The minimum Gasteiger partial charge on any atom is -0.457 e. The second-order valence-corrected chi connectivity index (χ2v) is 6.04. The Balaban J connectivity index is 2.02. The van der Waals surface area contributed by atoms with E-state index in [4.69, 9.17) is 8.92 Å². The SMILES string of the molecule is CS(=O)Oc1ccc(C2=C(c3ccc(F)c(F)c3)C(=O)OC2)cc1. The Labute approximate surface area is 139 Å². The van der Waals surface area contributed by atoms with Gasteiger partial charge in [-0.3, -0.25) is 0 Å². The van der Waals surface area contributed by atoms with Crippen molar-refractivity contribution in [3.63, 3.8) is 0 Å². The smallest absolute Gasteiger partial charge is 0.339 e. The van der Waals surface area contributed by atoms with Crippen molar-refractivity contribution in [2.45, 2.75) is 0 Å². The Hall–Kier alpha value is -2.54. The van der Waals surface area contributed by atoms with E-state index in [-0.39, 0.29) is 17.7 Å². The fraction of sp³-hybridized carbons (Fsp3) is 0.118. The van der Waals surface area contributed by atoms with E-state index in [1.54, 1.807) is 24.3 Å². The average Bonchev–Trinajstić information content (AvgIpc) is 2.92. The van der Waals surface area contributed by atoms with Crippen LogP contribution in [0.4, 0.5) is 8.78 Å². The van der Waals surface area contributed by atoms with Crippen molar-refractivity contribution < 1.29 is 26.7 Å². The molecule has 1 heterocycles. The maximum absolute atomic E-state index is 13.5. The number of halogens is 2. The van der Waals surface area contributed by atoms with Gasteiger partial charge >= 0.3 is 5.97 Å². The van der Waals surface area contributed by atoms with Gasteiger partial charge in [0.1, 0.15) is 12.4 Å². The highest BCUT2D eigenvalue weighted by molar-refractivity contribution is 7.79. The number of hydrogen-bond donors (Lipinski definition) is 0. The first-order valence-electron chi connectivity index (χ1n) is 6.93. The number of rotatable bonds is 4. The van der Waals surface area contributed by atoms with Crippen molar-refractivity contribution >= 4 is 28.2 Å². The van der Waals surface area contributed by atoms with Crippen LogP contribution in [0.1, 0.15) is 11.1 Å². The summed E-state index contributed by atoms with van der Waals surface area (Å²) in [5.74, 6) is -2.19. The summed E-state index contributed by atoms with van der Waals surface area (Å²) in [4.78, 5) is 12.0. The molecule has 0 saturated carbocycles. The molecule has 0 aliphatic carbocycles. The van der Waals surface area contributed by atoms with Crippen molar-refractivity contribution in [3.8, 4) is 5.75 Å². The number of benzene rings is 2. The van der Waals surface area contributed by atoms with E-state index in [9.17, 15) is 17.8 Å². The third-order valence-electron chi connectivity index (χ3n) is 3.48. The molecular weight excluding hydrogens is 338 g/mol. The van der Waals surface area contributed by atoms with E-state index >= 15 is 0 Å². The number of cyclic esters (lactones) is 1. The summed E-state index contributed by atoms with van der Waals surface area (Å²) in [5, 5.41) is 0. The molecule has 1 atom stereocenters. The predicted molar refractivity (Wildman–Crippen MR) is 85.3 cm³/mol. The summed E-state index contributed by atoms with van der Waals surface area (Å²) in [7, 11) is 0. The first kappa shape index (κ1) is 16.3. The van der Waals surface area contributed by atoms with Gasteiger partial charge in [-0.1, -0.05) is 18.2 Å². The van der Waals surface area contributed by atoms with Gasteiger partial charge in [0.2, 0.25) is 11.1 Å². The molecule has 2 aromatic carbocycles. The van der Waals surface area contributed by atoms with Crippen molar-refractivity contribution in [2.75, 3.05) is 12.9 Å². The Kier molecular flexibility index (Phi) is 4.44. The first-order chi connectivity index (χ1) is 11.5. The van der Waals surface area contributed by atoms with Gasteiger partial charge < -0.3 is 8.92 Å². The molecular formula is C17H12F2O4S. The van der Waals surface area contributed by atoms with Crippen LogP contribution in [0.2, 0.25) is 0 Å². The summed E-state index contributed by atoms with van der Waals surface area (Å²) in [5.41, 5.74) is 1.69. The van der Waals surface area contributed by atoms with E-state index in [2.05, 4.69) is 0 Å². The van der Waals surface area contributed by atoms with Gasteiger partial charge in [0.15, 0.2) is 11.6 Å². The molecule has 124 valence electrons. The van der Waals surface area contributed by atoms with Gasteiger partial charge in [0, 0.05) is 11.8 Å². The maximum Gasteiger partial charge on any atom is 0.339 e. The molecule has 0 fully saturated rings. The highest BCUT2D eigenvalue weighted by Gasteiger charge is 2.27. The second-order valence-electron chi connectivity index (χ2n) is 5.07. The van der Waals surface area contributed by atoms with Crippen molar-refractivity contribution in [3.05, 3.63) is 65.2 Å². The van der Waals surface area contributed by atoms with Gasteiger partial charge in [-0.2, -0.15) is 0 Å². The highest BCUT2D eigenvalue weighted by Crippen LogP contribution is 2.34. The molecule has 7 heteroatoms. The third kappa shape index (κ3) is 3.21. The van der Waals surface area contributed by atoms with E-state index in [1.807, 2.05) is 0 Å². The zero-order valence-corrected chi connectivity index (χ0v) is 13.4.